The third kappa shape index (κ3) is 1.98. The van der Waals surface area contributed by atoms with E-state index in [1.165, 1.54) is 12.1 Å². The molecule has 0 aliphatic rings. The Hall–Kier alpha value is -2.56. The number of halogens is 1. The molecule has 0 N–H and O–H groups in total. The second-order valence-electron chi connectivity index (χ2n) is 3.66. The molecule has 2 aromatic heterocycles. The molecule has 0 saturated heterocycles. The minimum atomic E-state index is -0.298. The molecule has 0 aliphatic carbocycles. The molecule has 5 heteroatoms. The number of benzene rings is 1. The lowest BCUT2D eigenvalue weighted by atomic mass is 10.2. The van der Waals surface area contributed by atoms with E-state index in [2.05, 4.69) is 15.2 Å². The van der Waals surface area contributed by atoms with Gasteiger partial charge in [-0.25, -0.2) is 4.39 Å². The van der Waals surface area contributed by atoms with E-state index < -0.39 is 0 Å². The van der Waals surface area contributed by atoms with Gasteiger partial charge in [-0.3, -0.25) is 4.98 Å². The van der Waals surface area contributed by atoms with Gasteiger partial charge in [-0.05, 0) is 36.4 Å². The molecule has 0 bridgehead atoms. The first-order valence-corrected chi connectivity index (χ1v) is 5.33. The highest BCUT2D eigenvalue weighted by atomic mass is 19.1. The number of aromatic nitrogens is 3. The van der Waals surface area contributed by atoms with Crippen LogP contribution in [0.2, 0.25) is 0 Å². The molecule has 0 amide bonds. The summed E-state index contributed by atoms with van der Waals surface area (Å²) >= 11 is 0. The first-order valence-electron chi connectivity index (χ1n) is 5.33. The Morgan fingerprint density at radius 1 is 0.778 bits per heavy atom. The quantitative estimate of drug-likeness (QED) is 0.692. The number of rotatable bonds is 2. The molecule has 0 unspecified atom stereocenters. The SMILES string of the molecule is Fc1ccc(-c2nnc(-c3ccncc3)o2)cc1. The molecule has 2 heterocycles. The zero-order chi connectivity index (χ0) is 12.4. The topological polar surface area (TPSA) is 51.8 Å². The smallest absolute Gasteiger partial charge is 0.248 e. The summed E-state index contributed by atoms with van der Waals surface area (Å²) in [6.45, 7) is 0. The molecule has 0 atom stereocenters. The van der Waals surface area contributed by atoms with Gasteiger partial charge in [0.15, 0.2) is 0 Å². The van der Waals surface area contributed by atoms with Gasteiger partial charge >= 0.3 is 0 Å². The predicted octanol–water partition coefficient (Wildman–Crippen LogP) is 2.94. The van der Waals surface area contributed by atoms with Crippen molar-refractivity contribution in [1.29, 1.82) is 0 Å². The minimum absolute atomic E-state index is 0.298. The Labute approximate surface area is 102 Å². The largest absolute Gasteiger partial charge is 0.416 e. The molecule has 1 aromatic carbocycles. The van der Waals surface area contributed by atoms with Gasteiger partial charge in [0.2, 0.25) is 11.8 Å². The van der Waals surface area contributed by atoms with Crippen LogP contribution in [0.4, 0.5) is 4.39 Å². The van der Waals surface area contributed by atoms with Gasteiger partial charge in [0.1, 0.15) is 5.82 Å². The lowest BCUT2D eigenvalue weighted by molar-refractivity contribution is 0.583. The van der Waals surface area contributed by atoms with Crippen LogP contribution >= 0.6 is 0 Å². The first kappa shape index (κ1) is 10.6. The van der Waals surface area contributed by atoms with Crippen LogP contribution in [0.1, 0.15) is 0 Å². The van der Waals surface area contributed by atoms with Crippen molar-refractivity contribution in [2.24, 2.45) is 0 Å². The summed E-state index contributed by atoms with van der Waals surface area (Å²) in [5, 5.41) is 7.88. The van der Waals surface area contributed by atoms with Crippen molar-refractivity contribution in [2.75, 3.05) is 0 Å². The van der Waals surface area contributed by atoms with Crippen LogP contribution in [-0.2, 0) is 0 Å². The van der Waals surface area contributed by atoms with Crippen molar-refractivity contribution in [3.05, 3.63) is 54.6 Å². The average molecular weight is 241 g/mol. The number of hydrogen-bond acceptors (Lipinski definition) is 4. The van der Waals surface area contributed by atoms with Crippen LogP contribution in [0.25, 0.3) is 22.9 Å². The molecule has 0 saturated carbocycles. The summed E-state index contributed by atoms with van der Waals surface area (Å²) in [4.78, 5) is 3.91. The summed E-state index contributed by atoms with van der Waals surface area (Å²) in [5.41, 5.74) is 1.48. The van der Waals surface area contributed by atoms with Crippen LogP contribution in [0.15, 0.2) is 53.2 Å². The Kier molecular flexibility index (Phi) is 2.57. The Bertz CT molecular complexity index is 650. The van der Waals surface area contributed by atoms with E-state index in [0.29, 0.717) is 17.3 Å². The first-order chi connectivity index (χ1) is 8.83. The van der Waals surface area contributed by atoms with Gasteiger partial charge in [0.25, 0.3) is 0 Å². The third-order valence-corrected chi connectivity index (χ3v) is 2.44. The molecule has 3 aromatic rings. The molecule has 0 fully saturated rings. The van der Waals surface area contributed by atoms with E-state index in [1.54, 1.807) is 36.7 Å². The highest BCUT2D eigenvalue weighted by Gasteiger charge is 2.09. The fraction of sp³-hybridized carbons (Fsp3) is 0. The van der Waals surface area contributed by atoms with Crippen molar-refractivity contribution in [2.45, 2.75) is 0 Å². The fourth-order valence-corrected chi connectivity index (χ4v) is 1.54. The summed E-state index contributed by atoms with van der Waals surface area (Å²) < 4.78 is 18.3. The highest BCUT2D eigenvalue weighted by molar-refractivity contribution is 5.57. The fourth-order valence-electron chi connectivity index (χ4n) is 1.54. The number of hydrogen-bond donors (Lipinski definition) is 0. The van der Waals surface area contributed by atoms with Crippen LogP contribution in [0, 0.1) is 5.82 Å². The van der Waals surface area contributed by atoms with Crippen molar-refractivity contribution >= 4 is 0 Å². The Morgan fingerprint density at radius 3 is 1.94 bits per heavy atom. The normalized spacial score (nSPS) is 10.5. The van der Waals surface area contributed by atoms with Gasteiger partial charge < -0.3 is 4.42 Å². The number of nitrogens with zero attached hydrogens (tertiary/aromatic N) is 3. The van der Waals surface area contributed by atoms with Crippen LogP contribution in [0.5, 0.6) is 0 Å². The maximum absolute atomic E-state index is 12.8. The lowest BCUT2D eigenvalue weighted by Crippen LogP contribution is -1.78. The molecule has 3 rings (SSSR count). The molecule has 4 nitrogen and oxygen atoms in total. The molecule has 18 heavy (non-hydrogen) atoms. The van der Waals surface area contributed by atoms with Gasteiger partial charge in [-0.15, -0.1) is 10.2 Å². The summed E-state index contributed by atoms with van der Waals surface area (Å²) in [5.74, 6) is 0.478. The predicted molar refractivity (Wildman–Crippen MR) is 62.9 cm³/mol. The molecular weight excluding hydrogens is 233 g/mol. The van der Waals surface area contributed by atoms with Gasteiger partial charge in [0.05, 0.1) is 0 Å². The standard InChI is InChI=1S/C13H8FN3O/c14-11-3-1-9(2-4-11)12-16-17-13(18-12)10-5-7-15-8-6-10/h1-8H. The van der Waals surface area contributed by atoms with Gasteiger partial charge in [-0.1, -0.05) is 0 Å². The summed E-state index contributed by atoms with van der Waals surface area (Å²) in [7, 11) is 0. The van der Waals surface area contributed by atoms with Crippen LogP contribution < -0.4 is 0 Å². The van der Waals surface area contributed by atoms with E-state index in [0.717, 1.165) is 5.56 Å². The second kappa shape index (κ2) is 4.37. The highest BCUT2D eigenvalue weighted by Crippen LogP contribution is 2.23. The van der Waals surface area contributed by atoms with E-state index in [4.69, 9.17) is 4.42 Å². The van der Waals surface area contributed by atoms with Crippen molar-refractivity contribution in [3.8, 4) is 22.9 Å². The molecule has 0 spiro atoms. The molecule has 0 radical (unpaired) electrons. The maximum atomic E-state index is 12.8. The Morgan fingerprint density at radius 2 is 1.33 bits per heavy atom. The van der Waals surface area contributed by atoms with Gasteiger partial charge in [0, 0.05) is 23.5 Å². The van der Waals surface area contributed by atoms with E-state index >= 15 is 0 Å². The van der Waals surface area contributed by atoms with Crippen molar-refractivity contribution in [1.82, 2.24) is 15.2 Å². The van der Waals surface area contributed by atoms with Crippen LogP contribution in [0.3, 0.4) is 0 Å². The maximum Gasteiger partial charge on any atom is 0.248 e. The molecule has 0 aliphatic heterocycles. The van der Waals surface area contributed by atoms with Crippen molar-refractivity contribution in [3.63, 3.8) is 0 Å². The average Bonchev–Trinajstić information content (AvgIpc) is 2.90. The van der Waals surface area contributed by atoms with Crippen molar-refractivity contribution < 1.29 is 8.81 Å². The minimum Gasteiger partial charge on any atom is -0.416 e. The van der Waals surface area contributed by atoms with E-state index in [-0.39, 0.29) is 5.82 Å². The van der Waals surface area contributed by atoms with E-state index in [1.807, 2.05) is 0 Å². The van der Waals surface area contributed by atoms with E-state index in [9.17, 15) is 4.39 Å². The number of pyridine rings is 1. The van der Waals surface area contributed by atoms with Gasteiger partial charge in [-0.2, -0.15) is 0 Å². The Balaban J connectivity index is 1.97. The monoisotopic (exact) mass is 241 g/mol. The molecule has 88 valence electrons. The zero-order valence-corrected chi connectivity index (χ0v) is 9.25. The lowest BCUT2D eigenvalue weighted by Gasteiger charge is -1.94. The summed E-state index contributed by atoms with van der Waals surface area (Å²) in [6, 6.07) is 9.46. The molecular formula is C13H8FN3O. The second-order valence-corrected chi connectivity index (χ2v) is 3.66. The zero-order valence-electron chi connectivity index (χ0n) is 9.25. The summed E-state index contributed by atoms with van der Waals surface area (Å²) in [6.07, 6.45) is 3.30. The third-order valence-electron chi connectivity index (χ3n) is 2.44. The van der Waals surface area contributed by atoms with Crippen LogP contribution in [-0.4, -0.2) is 15.2 Å².